The van der Waals surface area contributed by atoms with Crippen LogP contribution in [0.1, 0.15) is 53.4 Å². The summed E-state index contributed by atoms with van der Waals surface area (Å²) >= 11 is 1.28. The van der Waals surface area contributed by atoms with Crippen LogP contribution < -0.4 is 16.0 Å². The van der Waals surface area contributed by atoms with E-state index in [4.69, 9.17) is 0 Å². The van der Waals surface area contributed by atoms with Gasteiger partial charge in [-0.25, -0.2) is 9.78 Å². The third-order valence-corrected chi connectivity index (χ3v) is 5.61. The van der Waals surface area contributed by atoms with Crippen LogP contribution in [0.25, 0.3) is 0 Å². The largest absolute Gasteiger partial charge is 0.351 e. The maximum absolute atomic E-state index is 12.9. The fraction of sp³-hybridized carbons (Fsp3) is 0.400. The van der Waals surface area contributed by atoms with Crippen LogP contribution in [0.2, 0.25) is 0 Å². The van der Waals surface area contributed by atoms with Gasteiger partial charge in [-0.1, -0.05) is 35.8 Å². The molecule has 28 heavy (non-hydrogen) atoms. The van der Waals surface area contributed by atoms with Crippen LogP contribution in [-0.2, 0) is 11.3 Å². The summed E-state index contributed by atoms with van der Waals surface area (Å²) in [6.45, 7) is 3.75. The average Bonchev–Trinajstić information content (AvgIpc) is 3.33. The lowest BCUT2D eigenvalue weighted by atomic mass is 9.94. The Morgan fingerprint density at radius 1 is 1.18 bits per heavy atom. The second-order valence-electron chi connectivity index (χ2n) is 7.02. The van der Waals surface area contributed by atoms with Gasteiger partial charge in [-0.3, -0.25) is 14.9 Å². The van der Waals surface area contributed by atoms with Crippen LogP contribution in [0.3, 0.4) is 0 Å². The molecule has 148 valence electrons. The van der Waals surface area contributed by atoms with Gasteiger partial charge in [0.05, 0.1) is 12.2 Å². The molecule has 7 nitrogen and oxygen atoms in total. The van der Waals surface area contributed by atoms with Gasteiger partial charge in [0.25, 0.3) is 0 Å². The molecule has 0 spiro atoms. The lowest BCUT2D eigenvalue weighted by molar-refractivity contribution is -0.119. The van der Waals surface area contributed by atoms with E-state index in [1.165, 1.54) is 18.3 Å². The smallest absolute Gasteiger partial charge is 0.325 e. The minimum absolute atomic E-state index is 0.0423. The first-order valence-electron chi connectivity index (χ1n) is 9.34. The van der Waals surface area contributed by atoms with Gasteiger partial charge in [-0.2, -0.15) is 0 Å². The van der Waals surface area contributed by atoms with Crippen LogP contribution in [0.4, 0.5) is 15.6 Å². The molecule has 1 aromatic heterocycles. The maximum Gasteiger partial charge on any atom is 0.325 e. The number of aromatic nitrogens is 1. The lowest BCUT2D eigenvalue weighted by Crippen LogP contribution is -2.22. The molecule has 0 radical (unpaired) electrons. The number of hydrogen-bond acceptors (Lipinski definition) is 5. The first-order valence-corrected chi connectivity index (χ1v) is 10.2. The van der Waals surface area contributed by atoms with Crippen LogP contribution in [0.15, 0.2) is 24.4 Å². The summed E-state index contributed by atoms with van der Waals surface area (Å²) < 4.78 is 0. The van der Waals surface area contributed by atoms with Crippen molar-refractivity contribution in [3.05, 3.63) is 40.4 Å². The Kier molecular flexibility index (Phi) is 6.41. The Balaban J connectivity index is 1.67. The van der Waals surface area contributed by atoms with Crippen molar-refractivity contribution in [2.45, 2.75) is 46.1 Å². The summed E-state index contributed by atoms with van der Waals surface area (Å²) in [5.74, 6) is 0.0172. The van der Waals surface area contributed by atoms with E-state index in [9.17, 15) is 14.4 Å². The van der Waals surface area contributed by atoms with Crippen molar-refractivity contribution in [2.75, 3.05) is 10.6 Å². The predicted octanol–water partition coefficient (Wildman–Crippen LogP) is 4.10. The minimum atomic E-state index is -0.454. The zero-order valence-electron chi connectivity index (χ0n) is 16.0. The molecule has 8 heteroatoms. The molecule has 1 aromatic carbocycles. The Morgan fingerprint density at radius 2 is 1.93 bits per heavy atom. The summed E-state index contributed by atoms with van der Waals surface area (Å²) in [6, 6.07) is 5.02. The number of Topliss-reactive ketones (excluding diaryl/α,β-unsaturated/α-hetero) is 1. The zero-order chi connectivity index (χ0) is 20.1. The van der Waals surface area contributed by atoms with E-state index in [2.05, 4.69) is 20.9 Å². The van der Waals surface area contributed by atoms with Crippen molar-refractivity contribution in [2.24, 2.45) is 5.92 Å². The van der Waals surface area contributed by atoms with Crippen LogP contribution in [0.5, 0.6) is 0 Å². The van der Waals surface area contributed by atoms with E-state index >= 15 is 0 Å². The quantitative estimate of drug-likeness (QED) is 0.636. The number of amides is 3. The van der Waals surface area contributed by atoms with Crippen molar-refractivity contribution < 1.29 is 14.4 Å². The van der Waals surface area contributed by atoms with Gasteiger partial charge in [0.1, 0.15) is 0 Å². The molecule has 1 aliphatic carbocycles. The first kappa shape index (κ1) is 20.0. The fourth-order valence-corrected chi connectivity index (χ4v) is 4.04. The third-order valence-electron chi connectivity index (χ3n) is 4.70. The molecular weight excluding hydrogens is 376 g/mol. The van der Waals surface area contributed by atoms with Gasteiger partial charge in [0, 0.05) is 29.5 Å². The molecular formula is C20H24N4O3S. The number of benzene rings is 1. The lowest BCUT2D eigenvalue weighted by Gasteiger charge is -2.14. The highest BCUT2D eigenvalue weighted by Crippen LogP contribution is 2.31. The summed E-state index contributed by atoms with van der Waals surface area (Å²) in [5, 5.41) is 8.57. The van der Waals surface area contributed by atoms with Crippen LogP contribution in [-0.4, -0.2) is 22.7 Å². The van der Waals surface area contributed by atoms with E-state index in [0.717, 1.165) is 36.1 Å². The number of nitrogens with zero attached hydrogens (tertiary/aromatic N) is 1. The highest BCUT2D eigenvalue weighted by atomic mass is 32.1. The number of carbonyl (C=O) groups excluding carboxylic acids is 3. The van der Waals surface area contributed by atoms with E-state index < -0.39 is 6.03 Å². The number of nitrogens with one attached hydrogen (secondary N) is 3. The van der Waals surface area contributed by atoms with Crippen molar-refractivity contribution >= 4 is 39.9 Å². The van der Waals surface area contributed by atoms with E-state index in [1.54, 1.807) is 12.3 Å². The molecule has 1 fully saturated rings. The second-order valence-corrected chi connectivity index (χ2v) is 8.13. The van der Waals surface area contributed by atoms with Crippen molar-refractivity contribution in [1.29, 1.82) is 0 Å². The Bertz CT molecular complexity index is 887. The average molecular weight is 401 g/mol. The third kappa shape index (κ3) is 5.16. The standard InChI is InChI=1S/C20H24N4O3S/c1-12-7-8-17(16(9-12)18(26)14-5-3-4-6-14)23-19(27)24-20-22-11-15(28-20)10-21-13(2)25/h7-9,11,14H,3-6,10H2,1-2H3,(H,21,25)(H2,22,23,24,27). The number of anilines is 2. The monoisotopic (exact) mass is 400 g/mol. The van der Waals surface area contributed by atoms with Crippen molar-refractivity contribution in [1.82, 2.24) is 10.3 Å². The van der Waals surface area contributed by atoms with Gasteiger partial charge in [-0.05, 0) is 31.9 Å². The Hall–Kier alpha value is -2.74. The van der Waals surface area contributed by atoms with E-state index in [1.807, 2.05) is 19.1 Å². The van der Waals surface area contributed by atoms with Crippen LogP contribution >= 0.6 is 11.3 Å². The molecule has 3 N–H and O–H groups in total. The molecule has 1 aliphatic rings. The highest BCUT2D eigenvalue weighted by molar-refractivity contribution is 7.15. The molecule has 2 aromatic rings. The SMILES string of the molecule is CC(=O)NCc1cnc(NC(=O)Nc2ccc(C)cc2C(=O)C2CCCC2)s1. The molecule has 3 amide bonds. The normalized spacial score (nSPS) is 13.9. The van der Waals surface area contributed by atoms with Gasteiger partial charge in [0.15, 0.2) is 10.9 Å². The summed E-state index contributed by atoms with van der Waals surface area (Å²) in [5.41, 5.74) is 2.05. The molecule has 1 saturated carbocycles. The molecule has 0 atom stereocenters. The molecule has 0 bridgehead atoms. The van der Waals surface area contributed by atoms with E-state index in [-0.39, 0.29) is 17.6 Å². The van der Waals surface area contributed by atoms with Crippen LogP contribution in [0, 0.1) is 12.8 Å². The molecule has 0 saturated heterocycles. The number of rotatable bonds is 6. The van der Waals surface area contributed by atoms with E-state index in [0.29, 0.717) is 22.9 Å². The van der Waals surface area contributed by atoms with Gasteiger partial charge in [0.2, 0.25) is 5.91 Å². The Labute approximate surface area is 167 Å². The first-order chi connectivity index (χ1) is 13.4. The highest BCUT2D eigenvalue weighted by Gasteiger charge is 2.26. The number of thiazole rings is 1. The molecule has 0 unspecified atom stereocenters. The zero-order valence-corrected chi connectivity index (χ0v) is 16.8. The predicted molar refractivity (Wildman–Crippen MR) is 110 cm³/mol. The van der Waals surface area contributed by atoms with Gasteiger partial charge >= 0.3 is 6.03 Å². The number of ketones is 1. The number of urea groups is 1. The molecule has 1 heterocycles. The maximum atomic E-state index is 12.9. The fourth-order valence-electron chi connectivity index (χ4n) is 3.29. The number of carbonyl (C=O) groups is 3. The summed E-state index contributed by atoms with van der Waals surface area (Å²) in [7, 11) is 0. The summed E-state index contributed by atoms with van der Waals surface area (Å²) in [4.78, 5) is 41.2. The number of aryl methyl sites for hydroxylation is 1. The van der Waals surface area contributed by atoms with Crippen molar-refractivity contribution in [3.8, 4) is 0 Å². The second kappa shape index (κ2) is 8.97. The summed E-state index contributed by atoms with van der Waals surface area (Å²) in [6.07, 6.45) is 5.59. The molecule has 3 rings (SSSR count). The van der Waals surface area contributed by atoms with Gasteiger partial charge < -0.3 is 10.6 Å². The topological polar surface area (TPSA) is 100 Å². The van der Waals surface area contributed by atoms with Gasteiger partial charge in [-0.15, -0.1) is 0 Å². The number of hydrogen-bond donors (Lipinski definition) is 3. The Morgan fingerprint density at radius 3 is 2.64 bits per heavy atom. The van der Waals surface area contributed by atoms with Crippen molar-refractivity contribution in [3.63, 3.8) is 0 Å². The minimum Gasteiger partial charge on any atom is -0.351 e. The molecule has 0 aliphatic heterocycles.